The predicted molar refractivity (Wildman–Crippen MR) is 216 cm³/mol. The summed E-state index contributed by atoms with van der Waals surface area (Å²) in [6.45, 7) is 14.3. The molecule has 0 aliphatic heterocycles. The highest BCUT2D eigenvalue weighted by atomic mass is 35.5. The Balaban J connectivity index is -0.000000169. The number of carbonyl (C=O) groups is 6. The van der Waals surface area contributed by atoms with E-state index in [9.17, 15) is 28.8 Å². The van der Waals surface area contributed by atoms with Crippen LogP contribution in [0.25, 0.3) is 0 Å². The molecular formula is C37H49Cl6NO8. The molecule has 3 rings (SSSR count). The molecule has 0 amide bonds. The molecule has 0 aliphatic carbocycles. The van der Waals surface area contributed by atoms with Gasteiger partial charge in [0.1, 0.15) is 13.2 Å². The summed E-state index contributed by atoms with van der Waals surface area (Å²) in [4.78, 5) is 63.1. The van der Waals surface area contributed by atoms with Crippen molar-refractivity contribution in [3.8, 4) is 0 Å². The zero-order valence-corrected chi connectivity index (χ0v) is 33.9. The average molecular weight is 849 g/mol. The third kappa shape index (κ3) is 47.0. The van der Waals surface area contributed by atoms with E-state index in [0.29, 0.717) is 16.7 Å². The van der Waals surface area contributed by atoms with Crippen LogP contribution in [-0.4, -0.2) is 76.0 Å². The summed E-state index contributed by atoms with van der Waals surface area (Å²) in [5.74, 6) is -0.737. The minimum atomic E-state index is -0.407. The van der Waals surface area contributed by atoms with Crippen LogP contribution in [0.1, 0.15) is 80.0 Å². The molecule has 0 radical (unpaired) electrons. The average Bonchev–Trinajstić information content (AvgIpc) is 3.10. The zero-order chi connectivity index (χ0) is 40.0. The Kier molecular flexibility index (Phi) is 47.5. The summed E-state index contributed by atoms with van der Waals surface area (Å²) in [6.07, 6.45) is 0. The topological polar surface area (TPSA) is 124 Å². The Morgan fingerprint density at radius 2 is 0.692 bits per heavy atom. The van der Waals surface area contributed by atoms with Crippen molar-refractivity contribution in [3.05, 3.63) is 108 Å². The first-order valence-electron chi connectivity index (χ1n) is 15.1. The Bertz CT molecular complexity index is 1190. The van der Waals surface area contributed by atoms with Crippen LogP contribution in [0.4, 0.5) is 0 Å². The molecule has 0 fully saturated rings. The summed E-state index contributed by atoms with van der Waals surface area (Å²) < 4.78 is 8.95. The van der Waals surface area contributed by atoms with Crippen LogP contribution in [0.15, 0.2) is 91.0 Å². The van der Waals surface area contributed by atoms with Gasteiger partial charge in [0, 0.05) is 37.5 Å². The van der Waals surface area contributed by atoms with Crippen LogP contribution in [0.5, 0.6) is 0 Å². The quantitative estimate of drug-likeness (QED) is 0.0896. The highest BCUT2D eigenvalue weighted by molar-refractivity contribution is 6.68. The molecule has 0 saturated heterocycles. The largest absolute Gasteiger partial charge is 0.462 e. The first-order valence-corrected chi connectivity index (χ1v) is 17.6. The monoisotopic (exact) mass is 845 g/mol. The summed E-state index contributed by atoms with van der Waals surface area (Å²) in [5.41, 5.74) is 1.62. The third-order valence-corrected chi connectivity index (χ3v) is 5.69. The third-order valence-electron chi connectivity index (χ3n) is 5.04. The molecule has 0 saturated carbocycles. The van der Waals surface area contributed by atoms with E-state index in [0.717, 1.165) is 0 Å². The Hall–Kier alpha value is -3.02. The molecule has 0 bridgehead atoms. The molecule has 0 aromatic heterocycles. The van der Waals surface area contributed by atoms with E-state index in [1.54, 1.807) is 72.8 Å². The lowest BCUT2D eigenvalue weighted by atomic mass is 10.2. The summed E-state index contributed by atoms with van der Waals surface area (Å²) >= 11 is 29.7. The molecule has 0 unspecified atom stereocenters. The molecule has 292 valence electrons. The van der Waals surface area contributed by atoms with Gasteiger partial charge in [-0.3, -0.25) is 28.8 Å². The number of rotatable bonds is 9. The Labute approximate surface area is 338 Å². The lowest BCUT2D eigenvalue weighted by Crippen LogP contribution is -2.21. The van der Waals surface area contributed by atoms with Gasteiger partial charge >= 0.3 is 11.9 Å². The van der Waals surface area contributed by atoms with Crippen molar-refractivity contribution < 1.29 is 38.2 Å². The second kappa shape index (κ2) is 42.4. The van der Waals surface area contributed by atoms with Gasteiger partial charge in [0.15, 0.2) is 0 Å². The number of esters is 2. The van der Waals surface area contributed by atoms with Gasteiger partial charge in [-0.15, -0.1) is 23.2 Å². The van der Waals surface area contributed by atoms with Crippen LogP contribution in [0.3, 0.4) is 0 Å². The van der Waals surface area contributed by atoms with E-state index < -0.39 is 15.7 Å². The van der Waals surface area contributed by atoms with Crippen molar-refractivity contribution in [3.63, 3.8) is 0 Å². The maximum atomic E-state index is 10.4. The smallest absolute Gasteiger partial charge is 0.302 e. The number of hydrogen-bond acceptors (Lipinski definition) is 9. The minimum Gasteiger partial charge on any atom is -0.462 e. The number of benzene rings is 3. The standard InChI is InChI=1S/3C7H5ClO.C6H15N.C6H10O4.C2H3ClO.CH2Cl2.CH4/c3*8-7(9)6-4-2-1-3-5-6;1-4-7(5-2)6-3;1-5(7)9-3-4-10-6(2)8;1-2(3)4;2-1-3;/h3*1-5H;4-6H2,1-3H3;3-4H2,1-2H3;1H3;1H2;1H4. The van der Waals surface area contributed by atoms with Crippen molar-refractivity contribution in [1.29, 1.82) is 0 Å². The highest BCUT2D eigenvalue weighted by Gasteiger charge is 1.98. The van der Waals surface area contributed by atoms with Crippen LogP contribution in [-0.2, 0) is 23.9 Å². The van der Waals surface area contributed by atoms with E-state index in [1.807, 2.05) is 18.2 Å². The fraction of sp³-hybridized carbons (Fsp3) is 0.351. The van der Waals surface area contributed by atoms with Crippen molar-refractivity contribution in [2.24, 2.45) is 0 Å². The van der Waals surface area contributed by atoms with Crippen molar-refractivity contribution in [2.75, 3.05) is 38.2 Å². The second-order valence-corrected chi connectivity index (χ2v) is 11.2. The first kappa shape index (κ1) is 58.3. The maximum Gasteiger partial charge on any atom is 0.302 e. The fourth-order valence-electron chi connectivity index (χ4n) is 2.75. The van der Waals surface area contributed by atoms with Crippen LogP contribution < -0.4 is 0 Å². The molecule has 0 spiro atoms. The minimum absolute atomic E-state index is 0. The lowest BCUT2D eigenvalue weighted by Gasteiger charge is -2.13. The number of alkyl halides is 2. The maximum absolute atomic E-state index is 10.4. The normalized spacial score (nSPS) is 8.56. The van der Waals surface area contributed by atoms with Gasteiger partial charge in [-0.2, -0.15) is 0 Å². The molecule has 15 heteroatoms. The van der Waals surface area contributed by atoms with E-state index in [4.69, 9.17) is 58.0 Å². The van der Waals surface area contributed by atoms with Gasteiger partial charge in [-0.05, 0) is 66.0 Å². The molecule has 0 heterocycles. The summed E-state index contributed by atoms with van der Waals surface area (Å²) in [7, 11) is 0. The summed E-state index contributed by atoms with van der Waals surface area (Å²) in [6, 6.07) is 26.2. The number of ether oxygens (including phenoxy) is 2. The molecule has 52 heavy (non-hydrogen) atoms. The van der Waals surface area contributed by atoms with Crippen LogP contribution in [0.2, 0.25) is 0 Å². The SMILES string of the molecule is C.CC(=O)Cl.CC(=O)OCCOC(C)=O.CCN(CC)CC.ClCCl.O=C(Cl)c1ccccc1.O=C(Cl)c1ccccc1.O=C(Cl)c1ccccc1. The number of nitrogens with zero attached hydrogens (tertiary/aromatic N) is 1. The molecule has 0 aliphatic rings. The molecule has 9 nitrogen and oxygen atoms in total. The lowest BCUT2D eigenvalue weighted by molar-refractivity contribution is -0.149. The predicted octanol–water partition coefficient (Wildman–Crippen LogP) is 10.5. The second-order valence-electron chi connectivity index (χ2n) is 8.79. The fourth-order valence-corrected chi connectivity index (χ4v) is 3.13. The number of halogens is 6. The zero-order valence-electron chi connectivity index (χ0n) is 29.4. The van der Waals surface area contributed by atoms with Gasteiger partial charge < -0.3 is 14.4 Å². The Morgan fingerprint density at radius 1 is 0.500 bits per heavy atom. The van der Waals surface area contributed by atoms with Crippen molar-refractivity contribution in [1.82, 2.24) is 4.90 Å². The van der Waals surface area contributed by atoms with Crippen molar-refractivity contribution >= 4 is 103 Å². The summed E-state index contributed by atoms with van der Waals surface area (Å²) in [5, 5.41) is -1.39. The van der Waals surface area contributed by atoms with Gasteiger partial charge in [0.2, 0.25) is 5.24 Å². The van der Waals surface area contributed by atoms with E-state index in [1.165, 1.54) is 40.4 Å². The molecule has 3 aromatic rings. The number of carbonyl (C=O) groups excluding carboxylic acids is 6. The van der Waals surface area contributed by atoms with Gasteiger partial charge in [-0.25, -0.2) is 0 Å². The molecule has 0 N–H and O–H groups in total. The van der Waals surface area contributed by atoms with Gasteiger partial charge in [0.25, 0.3) is 15.7 Å². The first-order chi connectivity index (χ1) is 24.0. The van der Waals surface area contributed by atoms with E-state index >= 15 is 0 Å². The number of hydrogen-bond donors (Lipinski definition) is 0. The molecular weight excluding hydrogens is 799 g/mol. The molecule has 3 aromatic carbocycles. The van der Waals surface area contributed by atoms with E-state index in [-0.39, 0.29) is 43.2 Å². The van der Waals surface area contributed by atoms with Crippen molar-refractivity contribution in [2.45, 2.75) is 49.0 Å². The van der Waals surface area contributed by atoms with Crippen LogP contribution in [0, 0.1) is 0 Å². The molecule has 0 atom stereocenters. The highest BCUT2D eigenvalue weighted by Crippen LogP contribution is 2.03. The van der Waals surface area contributed by atoms with Crippen LogP contribution >= 0.6 is 69.6 Å². The van der Waals surface area contributed by atoms with Gasteiger partial charge in [-0.1, -0.05) is 119 Å². The van der Waals surface area contributed by atoms with Gasteiger partial charge in [0.05, 0.1) is 5.34 Å². The van der Waals surface area contributed by atoms with E-state index in [2.05, 4.69) is 46.7 Å². The Morgan fingerprint density at radius 3 is 0.788 bits per heavy atom.